The summed E-state index contributed by atoms with van der Waals surface area (Å²) in [6, 6.07) is 2.00. The van der Waals surface area contributed by atoms with Crippen LogP contribution in [0.2, 0.25) is 0 Å². The van der Waals surface area contributed by atoms with Crippen LogP contribution >= 0.6 is 0 Å². The predicted octanol–water partition coefficient (Wildman–Crippen LogP) is 1.51. The first-order valence-electron chi connectivity index (χ1n) is 7.99. The second-order valence-electron chi connectivity index (χ2n) is 6.08. The van der Waals surface area contributed by atoms with Gasteiger partial charge in [0, 0.05) is 24.7 Å². The summed E-state index contributed by atoms with van der Waals surface area (Å²) in [7, 11) is 0. The van der Waals surface area contributed by atoms with E-state index in [1.165, 1.54) is 25.7 Å². The van der Waals surface area contributed by atoms with Gasteiger partial charge in [0.1, 0.15) is 0 Å². The van der Waals surface area contributed by atoms with Crippen molar-refractivity contribution in [3.8, 4) is 0 Å². The standard InChI is InChI=1S/C15H29N3O/c1-3-7-16-15(19)11-18(8-4-2)14-9-12-5-6-13(10-14)17-12/h12-14,17H,3-11H2,1-2H3,(H,16,19). The van der Waals surface area contributed by atoms with E-state index >= 15 is 0 Å². The third-order valence-electron chi connectivity index (χ3n) is 4.39. The van der Waals surface area contributed by atoms with Crippen LogP contribution in [0.25, 0.3) is 0 Å². The Morgan fingerprint density at radius 1 is 1.21 bits per heavy atom. The molecule has 1 amide bonds. The van der Waals surface area contributed by atoms with Crippen LogP contribution in [0.15, 0.2) is 0 Å². The summed E-state index contributed by atoms with van der Waals surface area (Å²) >= 11 is 0. The molecule has 2 rings (SSSR count). The fraction of sp³-hybridized carbons (Fsp3) is 0.933. The minimum absolute atomic E-state index is 0.196. The molecule has 0 aromatic heterocycles. The summed E-state index contributed by atoms with van der Waals surface area (Å²) in [5.41, 5.74) is 0. The molecular weight excluding hydrogens is 238 g/mol. The number of piperidine rings is 1. The number of nitrogens with one attached hydrogen (secondary N) is 2. The first kappa shape index (κ1) is 14.8. The van der Waals surface area contributed by atoms with Gasteiger partial charge >= 0.3 is 0 Å². The Morgan fingerprint density at radius 2 is 1.89 bits per heavy atom. The molecule has 2 heterocycles. The Labute approximate surface area is 117 Å². The molecule has 2 N–H and O–H groups in total. The van der Waals surface area contributed by atoms with Crippen LogP contribution in [-0.4, -0.2) is 48.6 Å². The Bertz CT molecular complexity index is 283. The van der Waals surface area contributed by atoms with Crippen LogP contribution in [0.1, 0.15) is 52.4 Å². The zero-order valence-electron chi connectivity index (χ0n) is 12.5. The van der Waals surface area contributed by atoms with Gasteiger partial charge in [0.05, 0.1) is 6.54 Å². The maximum atomic E-state index is 11.9. The Kier molecular flexibility index (Phi) is 5.64. The molecule has 2 fully saturated rings. The van der Waals surface area contributed by atoms with Gasteiger partial charge in [0.15, 0.2) is 0 Å². The summed E-state index contributed by atoms with van der Waals surface area (Å²) in [5.74, 6) is 0.196. The largest absolute Gasteiger partial charge is 0.355 e. The van der Waals surface area contributed by atoms with Gasteiger partial charge in [0.25, 0.3) is 0 Å². The molecule has 0 aromatic carbocycles. The van der Waals surface area contributed by atoms with E-state index in [0.717, 1.165) is 25.9 Å². The van der Waals surface area contributed by atoms with E-state index in [0.29, 0.717) is 24.7 Å². The average Bonchev–Trinajstić information content (AvgIpc) is 2.74. The van der Waals surface area contributed by atoms with E-state index in [2.05, 4.69) is 29.4 Å². The van der Waals surface area contributed by atoms with Crippen molar-refractivity contribution in [2.75, 3.05) is 19.6 Å². The molecule has 0 saturated carbocycles. The average molecular weight is 267 g/mol. The summed E-state index contributed by atoms with van der Waals surface area (Å²) in [4.78, 5) is 14.4. The van der Waals surface area contributed by atoms with Crippen LogP contribution in [-0.2, 0) is 4.79 Å². The Morgan fingerprint density at radius 3 is 2.47 bits per heavy atom. The maximum absolute atomic E-state index is 11.9. The number of carbonyl (C=O) groups excluding carboxylic acids is 1. The fourth-order valence-electron chi connectivity index (χ4n) is 3.51. The highest BCUT2D eigenvalue weighted by molar-refractivity contribution is 5.78. The summed E-state index contributed by atoms with van der Waals surface area (Å²) in [6.45, 7) is 6.72. The second-order valence-corrected chi connectivity index (χ2v) is 6.08. The van der Waals surface area contributed by atoms with Gasteiger partial charge in [-0.15, -0.1) is 0 Å². The molecule has 110 valence electrons. The molecule has 2 aliphatic rings. The molecule has 2 unspecified atom stereocenters. The van der Waals surface area contributed by atoms with Crippen molar-refractivity contribution in [3.63, 3.8) is 0 Å². The van der Waals surface area contributed by atoms with Gasteiger partial charge < -0.3 is 10.6 Å². The van der Waals surface area contributed by atoms with Gasteiger partial charge in [-0.25, -0.2) is 0 Å². The fourth-order valence-corrected chi connectivity index (χ4v) is 3.51. The van der Waals surface area contributed by atoms with Gasteiger partial charge in [-0.05, 0) is 45.1 Å². The van der Waals surface area contributed by atoms with E-state index in [4.69, 9.17) is 0 Å². The van der Waals surface area contributed by atoms with Crippen LogP contribution in [0, 0.1) is 0 Å². The third kappa shape index (κ3) is 4.18. The molecule has 0 aliphatic carbocycles. The van der Waals surface area contributed by atoms with Crippen LogP contribution in [0.4, 0.5) is 0 Å². The molecule has 2 bridgehead atoms. The molecular formula is C15H29N3O. The highest BCUT2D eigenvalue weighted by Gasteiger charge is 2.36. The monoisotopic (exact) mass is 267 g/mol. The quantitative estimate of drug-likeness (QED) is 0.735. The lowest BCUT2D eigenvalue weighted by molar-refractivity contribution is -0.123. The zero-order chi connectivity index (χ0) is 13.7. The van der Waals surface area contributed by atoms with E-state index in [1.807, 2.05) is 0 Å². The molecule has 0 spiro atoms. The van der Waals surface area contributed by atoms with E-state index in [-0.39, 0.29) is 5.91 Å². The molecule has 4 nitrogen and oxygen atoms in total. The number of amides is 1. The van der Waals surface area contributed by atoms with Crippen molar-refractivity contribution >= 4 is 5.91 Å². The van der Waals surface area contributed by atoms with Crippen molar-refractivity contribution < 1.29 is 4.79 Å². The molecule has 2 atom stereocenters. The van der Waals surface area contributed by atoms with Gasteiger partial charge in [-0.3, -0.25) is 9.69 Å². The minimum Gasteiger partial charge on any atom is -0.355 e. The number of carbonyl (C=O) groups is 1. The topological polar surface area (TPSA) is 44.4 Å². The number of fused-ring (bicyclic) bond motifs is 2. The summed E-state index contributed by atoms with van der Waals surface area (Å²) in [6.07, 6.45) is 7.22. The van der Waals surface area contributed by atoms with Gasteiger partial charge in [-0.1, -0.05) is 13.8 Å². The van der Waals surface area contributed by atoms with Crippen molar-refractivity contribution in [2.24, 2.45) is 0 Å². The second kappa shape index (κ2) is 7.25. The zero-order valence-corrected chi connectivity index (χ0v) is 12.5. The van der Waals surface area contributed by atoms with Gasteiger partial charge in [0.2, 0.25) is 5.91 Å². The summed E-state index contributed by atoms with van der Waals surface area (Å²) in [5, 5.41) is 6.68. The number of hydrogen-bond acceptors (Lipinski definition) is 3. The SMILES string of the molecule is CCCNC(=O)CN(CCC)C1CC2CCC(C1)N2. The third-order valence-corrected chi connectivity index (χ3v) is 4.39. The maximum Gasteiger partial charge on any atom is 0.234 e. The van der Waals surface area contributed by atoms with Crippen LogP contribution in [0.5, 0.6) is 0 Å². The molecule has 2 saturated heterocycles. The van der Waals surface area contributed by atoms with E-state index in [1.54, 1.807) is 0 Å². The lowest BCUT2D eigenvalue weighted by atomic mass is 9.98. The predicted molar refractivity (Wildman–Crippen MR) is 78.1 cm³/mol. The number of rotatable bonds is 7. The molecule has 0 aromatic rings. The van der Waals surface area contributed by atoms with Crippen LogP contribution < -0.4 is 10.6 Å². The minimum atomic E-state index is 0.196. The summed E-state index contributed by atoms with van der Waals surface area (Å²) < 4.78 is 0. The number of nitrogens with zero attached hydrogens (tertiary/aromatic N) is 1. The van der Waals surface area contributed by atoms with Crippen LogP contribution in [0.3, 0.4) is 0 Å². The first-order valence-corrected chi connectivity index (χ1v) is 7.99. The molecule has 0 radical (unpaired) electrons. The highest BCUT2D eigenvalue weighted by Crippen LogP contribution is 2.29. The Hall–Kier alpha value is -0.610. The molecule has 4 heteroatoms. The lowest BCUT2D eigenvalue weighted by Gasteiger charge is -2.37. The number of hydrogen-bond donors (Lipinski definition) is 2. The van der Waals surface area contributed by atoms with Crippen molar-refractivity contribution in [1.29, 1.82) is 0 Å². The van der Waals surface area contributed by atoms with E-state index in [9.17, 15) is 4.79 Å². The van der Waals surface area contributed by atoms with Gasteiger partial charge in [-0.2, -0.15) is 0 Å². The van der Waals surface area contributed by atoms with E-state index < -0.39 is 0 Å². The normalized spacial score (nSPS) is 29.7. The first-order chi connectivity index (χ1) is 9.22. The highest BCUT2D eigenvalue weighted by atomic mass is 16.2. The molecule has 19 heavy (non-hydrogen) atoms. The smallest absolute Gasteiger partial charge is 0.234 e. The lowest BCUT2D eigenvalue weighted by Crippen LogP contribution is -2.51. The van der Waals surface area contributed by atoms with Crippen molar-refractivity contribution in [2.45, 2.75) is 70.5 Å². The van der Waals surface area contributed by atoms with Crippen molar-refractivity contribution in [3.05, 3.63) is 0 Å². The molecule has 2 aliphatic heterocycles. The van der Waals surface area contributed by atoms with Crippen molar-refractivity contribution in [1.82, 2.24) is 15.5 Å². The Balaban J connectivity index is 1.86.